The summed E-state index contributed by atoms with van der Waals surface area (Å²) in [6.45, 7) is 0. The largest absolute Gasteiger partial charge is 0.504 e. The Balaban J connectivity index is 2.03. The predicted molar refractivity (Wildman–Crippen MR) is 103 cm³/mol. The number of halogens is 1. The molecule has 3 rings (SSSR count). The van der Waals surface area contributed by atoms with E-state index in [4.69, 9.17) is 4.74 Å². The molecule has 1 N–H and O–H groups in total. The van der Waals surface area contributed by atoms with Crippen LogP contribution in [0.5, 0.6) is 11.5 Å². The van der Waals surface area contributed by atoms with Crippen LogP contribution in [-0.2, 0) is 0 Å². The molecule has 1 heterocycles. The molecule has 8 heteroatoms. The number of rotatable bonds is 5. The molecule has 0 saturated heterocycles. The van der Waals surface area contributed by atoms with E-state index in [1.807, 2.05) is 36.6 Å². The fraction of sp³-hybridized carbons (Fsp3) is 0.118. The molecule has 6 nitrogen and oxygen atoms in total. The number of phenolic OH excluding ortho intramolecular Hbond substituents is 1. The van der Waals surface area contributed by atoms with E-state index in [-0.39, 0.29) is 5.75 Å². The van der Waals surface area contributed by atoms with Crippen LogP contribution in [0.2, 0.25) is 0 Å². The maximum absolute atomic E-state index is 9.81. The van der Waals surface area contributed by atoms with Crippen LogP contribution in [-0.4, -0.2) is 39.6 Å². The summed E-state index contributed by atoms with van der Waals surface area (Å²) in [5.41, 5.74) is 1.68. The van der Waals surface area contributed by atoms with E-state index >= 15 is 0 Å². The lowest BCUT2D eigenvalue weighted by Gasteiger charge is -2.07. The molecule has 0 saturated carbocycles. The van der Waals surface area contributed by atoms with E-state index in [9.17, 15) is 5.11 Å². The lowest BCUT2D eigenvalue weighted by Crippen LogP contribution is -1.97. The molecule has 0 unspecified atom stereocenters. The highest BCUT2D eigenvalue weighted by Crippen LogP contribution is 2.31. The van der Waals surface area contributed by atoms with Crippen LogP contribution in [0.25, 0.3) is 11.4 Å². The molecule has 0 fully saturated rings. The van der Waals surface area contributed by atoms with E-state index in [0.717, 1.165) is 11.1 Å². The predicted octanol–water partition coefficient (Wildman–Crippen LogP) is 4.03. The first-order valence-electron chi connectivity index (χ1n) is 7.29. The molecule has 0 bridgehead atoms. The molecule has 0 amide bonds. The summed E-state index contributed by atoms with van der Waals surface area (Å²) >= 11 is 4.88. The van der Waals surface area contributed by atoms with Gasteiger partial charge < -0.3 is 9.84 Å². The second-order valence-electron chi connectivity index (χ2n) is 4.98. The molecule has 0 aliphatic heterocycles. The van der Waals surface area contributed by atoms with Crippen LogP contribution in [0.1, 0.15) is 5.56 Å². The summed E-state index contributed by atoms with van der Waals surface area (Å²) in [6, 6.07) is 13.0. The van der Waals surface area contributed by atoms with Gasteiger partial charge in [0.25, 0.3) is 0 Å². The molecule has 1 aromatic heterocycles. The molecule has 3 aromatic rings. The van der Waals surface area contributed by atoms with Gasteiger partial charge in [-0.15, -0.1) is 10.2 Å². The Bertz CT molecular complexity index is 913. The van der Waals surface area contributed by atoms with Crippen molar-refractivity contribution in [3.63, 3.8) is 0 Å². The van der Waals surface area contributed by atoms with Crippen molar-refractivity contribution in [2.24, 2.45) is 5.10 Å². The maximum atomic E-state index is 9.81. The number of hydrogen-bond donors (Lipinski definition) is 1. The van der Waals surface area contributed by atoms with Gasteiger partial charge in [0.15, 0.2) is 17.3 Å². The van der Waals surface area contributed by atoms with Gasteiger partial charge in [-0.05, 0) is 34.3 Å². The van der Waals surface area contributed by atoms with E-state index < -0.39 is 0 Å². The zero-order valence-electron chi connectivity index (χ0n) is 13.5. The minimum atomic E-state index is 0.0607. The molecule has 0 radical (unpaired) electrons. The van der Waals surface area contributed by atoms with E-state index in [2.05, 4.69) is 31.2 Å². The molecule has 2 aromatic carbocycles. The first-order valence-corrected chi connectivity index (χ1v) is 9.31. The van der Waals surface area contributed by atoms with Crippen LogP contribution in [0.15, 0.2) is 57.2 Å². The first kappa shape index (κ1) is 17.5. The molecule has 0 spiro atoms. The van der Waals surface area contributed by atoms with Crippen molar-refractivity contribution in [2.75, 3.05) is 13.4 Å². The fourth-order valence-electron chi connectivity index (χ4n) is 2.21. The van der Waals surface area contributed by atoms with Crippen LogP contribution >= 0.6 is 27.7 Å². The second-order valence-corrected chi connectivity index (χ2v) is 6.61. The van der Waals surface area contributed by atoms with Crippen molar-refractivity contribution in [3.8, 4) is 22.9 Å². The van der Waals surface area contributed by atoms with Gasteiger partial charge in [0.1, 0.15) is 0 Å². The van der Waals surface area contributed by atoms with Gasteiger partial charge in [-0.2, -0.15) is 9.78 Å². The molecule has 0 atom stereocenters. The standard InChI is InChI=1S/C17H15BrN4O2S/c1-24-15-8-12(13(18)9-14(15)23)10-19-22-16(20-21-17(22)25-2)11-6-4-3-5-7-11/h3-10,23H,1-2H3/b19-10-. The van der Waals surface area contributed by atoms with Gasteiger partial charge in [-0.3, -0.25) is 0 Å². The van der Waals surface area contributed by atoms with Gasteiger partial charge in [-0.1, -0.05) is 42.1 Å². The fourth-order valence-corrected chi connectivity index (χ4v) is 3.07. The second kappa shape index (κ2) is 7.71. The van der Waals surface area contributed by atoms with Crippen molar-refractivity contribution in [1.82, 2.24) is 14.9 Å². The van der Waals surface area contributed by atoms with Gasteiger partial charge in [0.05, 0.1) is 13.3 Å². The van der Waals surface area contributed by atoms with Crippen LogP contribution in [0.4, 0.5) is 0 Å². The summed E-state index contributed by atoms with van der Waals surface area (Å²) < 4.78 is 7.54. The minimum absolute atomic E-state index is 0.0607. The van der Waals surface area contributed by atoms with Crippen molar-refractivity contribution in [2.45, 2.75) is 5.16 Å². The number of ether oxygens (including phenoxy) is 1. The molecule has 0 aliphatic carbocycles. The monoisotopic (exact) mass is 418 g/mol. The van der Waals surface area contributed by atoms with Crippen LogP contribution in [0.3, 0.4) is 0 Å². The van der Waals surface area contributed by atoms with Crippen molar-refractivity contribution < 1.29 is 9.84 Å². The Morgan fingerprint density at radius 1 is 1.24 bits per heavy atom. The van der Waals surface area contributed by atoms with E-state index in [1.54, 1.807) is 23.0 Å². The molecular weight excluding hydrogens is 404 g/mol. The number of methoxy groups -OCH3 is 1. The third-order valence-corrected chi connectivity index (χ3v) is 4.74. The van der Waals surface area contributed by atoms with E-state index in [0.29, 0.717) is 21.2 Å². The summed E-state index contributed by atoms with van der Waals surface area (Å²) in [5, 5.41) is 23.4. The minimum Gasteiger partial charge on any atom is -0.504 e. The Morgan fingerprint density at radius 2 is 2.00 bits per heavy atom. The third-order valence-electron chi connectivity index (χ3n) is 3.44. The molecule has 0 aliphatic rings. The quantitative estimate of drug-likeness (QED) is 0.500. The topological polar surface area (TPSA) is 72.5 Å². The highest BCUT2D eigenvalue weighted by molar-refractivity contribution is 9.10. The Kier molecular flexibility index (Phi) is 5.40. The average molecular weight is 419 g/mol. The smallest absolute Gasteiger partial charge is 0.212 e. The number of benzene rings is 2. The van der Waals surface area contributed by atoms with Gasteiger partial charge >= 0.3 is 0 Å². The van der Waals surface area contributed by atoms with Crippen molar-refractivity contribution in [1.29, 1.82) is 0 Å². The SMILES string of the molecule is COc1cc(/C=N\n2c(SC)nnc2-c2ccccc2)c(Br)cc1O. The lowest BCUT2D eigenvalue weighted by molar-refractivity contribution is 0.373. The van der Waals surface area contributed by atoms with Gasteiger partial charge in [0.2, 0.25) is 5.16 Å². The summed E-state index contributed by atoms with van der Waals surface area (Å²) in [5.74, 6) is 1.09. The normalized spacial score (nSPS) is 11.2. The zero-order valence-corrected chi connectivity index (χ0v) is 16.0. The number of phenols is 1. The number of aromatic nitrogens is 3. The lowest BCUT2D eigenvalue weighted by atomic mass is 10.2. The van der Waals surface area contributed by atoms with Crippen molar-refractivity contribution in [3.05, 3.63) is 52.5 Å². The number of aromatic hydroxyl groups is 1. The molecule has 128 valence electrons. The molecule has 25 heavy (non-hydrogen) atoms. The molecular formula is C17H15BrN4O2S. The highest BCUT2D eigenvalue weighted by Gasteiger charge is 2.13. The Morgan fingerprint density at radius 3 is 2.68 bits per heavy atom. The number of nitrogens with zero attached hydrogens (tertiary/aromatic N) is 4. The number of thioether (sulfide) groups is 1. The Labute approximate surface area is 157 Å². The summed E-state index contributed by atoms with van der Waals surface area (Å²) in [7, 11) is 1.50. The summed E-state index contributed by atoms with van der Waals surface area (Å²) in [6.07, 6.45) is 3.59. The highest BCUT2D eigenvalue weighted by atomic mass is 79.9. The van der Waals surface area contributed by atoms with Crippen LogP contribution < -0.4 is 4.74 Å². The average Bonchev–Trinajstić information content (AvgIpc) is 3.04. The number of hydrogen-bond acceptors (Lipinski definition) is 6. The Hall–Kier alpha value is -2.32. The summed E-state index contributed by atoms with van der Waals surface area (Å²) in [4.78, 5) is 0. The third kappa shape index (κ3) is 3.69. The van der Waals surface area contributed by atoms with Gasteiger partial charge in [-0.25, -0.2) is 0 Å². The van der Waals surface area contributed by atoms with Crippen LogP contribution in [0, 0.1) is 0 Å². The van der Waals surface area contributed by atoms with Crippen molar-refractivity contribution >= 4 is 33.9 Å². The zero-order chi connectivity index (χ0) is 17.8. The first-order chi connectivity index (χ1) is 12.1. The van der Waals surface area contributed by atoms with E-state index in [1.165, 1.54) is 18.9 Å². The maximum Gasteiger partial charge on any atom is 0.212 e. The van der Waals surface area contributed by atoms with Gasteiger partial charge in [0, 0.05) is 15.6 Å².